The van der Waals surface area contributed by atoms with E-state index >= 15 is 0 Å². The maximum atomic E-state index is 5.99. The molecule has 1 aliphatic rings. The Balaban J connectivity index is 1.70. The number of benzene rings is 2. The van der Waals surface area contributed by atoms with Gasteiger partial charge in [-0.2, -0.15) is 0 Å². The Morgan fingerprint density at radius 1 is 1.05 bits per heavy atom. The van der Waals surface area contributed by atoms with Crippen LogP contribution < -0.4 is 10.1 Å². The molecule has 2 nitrogen and oxygen atoms in total. The first-order chi connectivity index (χ1) is 10.1. The van der Waals surface area contributed by atoms with E-state index in [1.54, 1.807) is 12.1 Å². The zero-order valence-electron chi connectivity index (χ0n) is 11.8. The van der Waals surface area contributed by atoms with Crippen LogP contribution in [0.15, 0.2) is 36.4 Å². The summed E-state index contributed by atoms with van der Waals surface area (Å²) >= 11 is 11.9. The Bertz CT molecular complexity index is 653. The largest absolute Gasteiger partial charge is 0.457 e. The minimum Gasteiger partial charge on any atom is -0.457 e. The Kier molecular flexibility index (Phi) is 4.39. The van der Waals surface area contributed by atoms with Crippen molar-refractivity contribution in [1.82, 2.24) is 5.32 Å². The Morgan fingerprint density at radius 2 is 1.76 bits per heavy atom. The van der Waals surface area contributed by atoms with Gasteiger partial charge in [-0.15, -0.1) is 0 Å². The highest BCUT2D eigenvalue weighted by molar-refractivity contribution is 6.42. The molecule has 110 valence electrons. The molecular formula is C17H17Cl2NO. The highest BCUT2D eigenvalue weighted by Gasteiger charge is 2.20. The van der Waals surface area contributed by atoms with Crippen LogP contribution in [0.4, 0.5) is 0 Å². The van der Waals surface area contributed by atoms with Gasteiger partial charge >= 0.3 is 0 Å². The summed E-state index contributed by atoms with van der Waals surface area (Å²) in [5, 5.41) is 4.55. The van der Waals surface area contributed by atoms with E-state index in [-0.39, 0.29) is 0 Å². The molecule has 0 bridgehead atoms. The smallest absolute Gasteiger partial charge is 0.129 e. The second-order valence-electron chi connectivity index (χ2n) is 5.42. The average molecular weight is 322 g/mol. The lowest BCUT2D eigenvalue weighted by atomic mass is 10.1. The highest BCUT2D eigenvalue weighted by atomic mass is 35.5. The fourth-order valence-electron chi connectivity index (χ4n) is 2.15. The molecule has 1 fully saturated rings. The van der Waals surface area contributed by atoms with Crippen LogP contribution in [-0.4, -0.2) is 6.04 Å². The highest BCUT2D eigenvalue weighted by Crippen LogP contribution is 2.30. The molecule has 0 atom stereocenters. The number of rotatable bonds is 5. The zero-order valence-corrected chi connectivity index (χ0v) is 13.3. The molecule has 21 heavy (non-hydrogen) atoms. The van der Waals surface area contributed by atoms with Gasteiger partial charge in [-0.1, -0.05) is 29.3 Å². The Morgan fingerprint density at radius 3 is 2.43 bits per heavy atom. The lowest BCUT2D eigenvalue weighted by Crippen LogP contribution is -2.15. The van der Waals surface area contributed by atoms with Crippen LogP contribution in [0.1, 0.15) is 24.0 Å². The third kappa shape index (κ3) is 3.91. The monoisotopic (exact) mass is 321 g/mol. The van der Waals surface area contributed by atoms with E-state index in [4.69, 9.17) is 27.9 Å². The first-order valence-corrected chi connectivity index (χ1v) is 7.83. The maximum Gasteiger partial charge on any atom is 0.129 e. The number of ether oxygens (including phenoxy) is 1. The zero-order chi connectivity index (χ0) is 14.8. The topological polar surface area (TPSA) is 21.3 Å². The van der Waals surface area contributed by atoms with E-state index < -0.39 is 0 Å². The van der Waals surface area contributed by atoms with Crippen LogP contribution in [0.5, 0.6) is 11.5 Å². The quantitative estimate of drug-likeness (QED) is 0.801. The molecule has 1 saturated carbocycles. The van der Waals surface area contributed by atoms with E-state index in [9.17, 15) is 0 Å². The van der Waals surface area contributed by atoms with Crippen LogP contribution in [0.2, 0.25) is 10.0 Å². The molecule has 0 heterocycles. The van der Waals surface area contributed by atoms with Crippen LogP contribution in [-0.2, 0) is 6.54 Å². The number of aryl methyl sites for hydroxylation is 1. The van der Waals surface area contributed by atoms with Crippen molar-refractivity contribution in [3.05, 3.63) is 57.6 Å². The van der Waals surface area contributed by atoms with Gasteiger partial charge < -0.3 is 10.1 Å². The van der Waals surface area contributed by atoms with Crippen molar-refractivity contribution in [2.24, 2.45) is 0 Å². The number of hydrogen-bond donors (Lipinski definition) is 1. The number of halogens is 2. The van der Waals surface area contributed by atoms with Crippen molar-refractivity contribution >= 4 is 23.2 Å². The van der Waals surface area contributed by atoms with Gasteiger partial charge in [-0.25, -0.2) is 0 Å². The summed E-state index contributed by atoms with van der Waals surface area (Å²) in [5.41, 5.74) is 2.53. The lowest BCUT2D eigenvalue weighted by molar-refractivity contribution is 0.482. The van der Waals surface area contributed by atoms with E-state index in [0.29, 0.717) is 15.8 Å². The molecule has 0 aromatic heterocycles. The van der Waals surface area contributed by atoms with Gasteiger partial charge in [0.25, 0.3) is 0 Å². The third-order valence-corrected chi connectivity index (χ3v) is 4.34. The summed E-state index contributed by atoms with van der Waals surface area (Å²) in [4.78, 5) is 0. The first-order valence-electron chi connectivity index (χ1n) is 7.07. The fourth-order valence-corrected chi connectivity index (χ4v) is 2.44. The van der Waals surface area contributed by atoms with Crippen LogP contribution >= 0.6 is 23.2 Å². The van der Waals surface area contributed by atoms with Gasteiger partial charge in [-0.3, -0.25) is 0 Å². The number of hydrogen-bond acceptors (Lipinski definition) is 2. The number of nitrogens with one attached hydrogen (secondary N) is 1. The SMILES string of the molecule is Cc1cc(Oc2ccc(Cl)c(Cl)c2)ccc1CNC1CC1. The van der Waals surface area contributed by atoms with Gasteiger partial charge in [0, 0.05) is 18.7 Å². The molecular weight excluding hydrogens is 305 g/mol. The van der Waals surface area contributed by atoms with Gasteiger partial charge in [0.05, 0.1) is 10.0 Å². The minimum absolute atomic E-state index is 0.496. The summed E-state index contributed by atoms with van der Waals surface area (Å²) in [5.74, 6) is 1.49. The third-order valence-electron chi connectivity index (χ3n) is 3.60. The van der Waals surface area contributed by atoms with Crippen LogP contribution in [0, 0.1) is 6.92 Å². The summed E-state index contributed by atoms with van der Waals surface area (Å²) in [6, 6.07) is 12.1. The molecule has 0 saturated heterocycles. The molecule has 2 aromatic carbocycles. The molecule has 2 aromatic rings. The molecule has 0 amide bonds. The molecule has 3 rings (SSSR count). The van der Waals surface area contributed by atoms with Crippen molar-refractivity contribution in [3.63, 3.8) is 0 Å². The Labute approximate surface area is 135 Å². The van der Waals surface area contributed by atoms with Gasteiger partial charge in [0.15, 0.2) is 0 Å². The second-order valence-corrected chi connectivity index (χ2v) is 6.24. The van der Waals surface area contributed by atoms with E-state index in [2.05, 4.69) is 18.3 Å². The summed E-state index contributed by atoms with van der Waals surface area (Å²) < 4.78 is 5.82. The standard InChI is InChI=1S/C17H17Cl2NO/c1-11-8-14(5-2-12(11)10-20-13-3-4-13)21-15-6-7-16(18)17(19)9-15/h2,5-9,13,20H,3-4,10H2,1H3. The van der Waals surface area contributed by atoms with Gasteiger partial charge in [0.1, 0.15) is 11.5 Å². The normalized spacial score (nSPS) is 14.2. The van der Waals surface area contributed by atoms with Crippen LogP contribution in [0.25, 0.3) is 0 Å². The minimum atomic E-state index is 0.496. The maximum absolute atomic E-state index is 5.99. The molecule has 0 spiro atoms. The molecule has 0 aliphatic heterocycles. The molecule has 0 radical (unpaired) electrons. The molecule has 1 aliphatic carbocycles. The predicted molar refractivity (Wildman–Crippen MR) is 87.6 cm³/mol. The molecule has 0 unspecified atom stereocenters. The molecule has 4 heteroatoms. The summed E-state index contributed by atoms with van der Waals surface area (Å²) in [6.45, 7) is 3.02. The predicted octanol–water partition coefficient (Wildman–Crippen LogP) is 5.35. The van der Waals surface area contributed by atoms with E-state index in [1.807, 2.05) is 18.2 Å². The van der Waals surface area contributed by atoms with Crippen LogP contribution in [0.3, 0.4) is 0 Å². The Hall–Kier alpha value is -1.22. The fraction of sp³-hybridized carbons (Fsp3) is 0.294. The van der Waals surface area contributed by atoms with Crippen molar-refractivity contribution < 1.29 is 4.74 Å². The average Bonchev–Trinajstić information content (AvgIpc) is 3.26. The molecule has 1 N–H and O–H groups in total. The van der Waals surface area contributed by atoms with Crippen molar-refractivity contribution in [2.75, 3.05) is 0 Å². The summed E-state index contributed by atoms with van der Waals surface area (Å²) in [7, 11) is 0. The van der Waals surface area contributed by atoms with Gasteiger partial charge in [-0.05, 0) is 55.2 Å². The van der Waals surface area contributed by atoms with E-state index in [0.717, 1.165) is 18.3 Å². The second kappa shape index (κ2) is 6.27. The van der Waals surface area contributed by atoms with Crippen molar-refractivity contribution in [1.29, 1.82) is 0 Å². The summed E-state index contributed by atoms with van der Waals surface area (Å²) in [6.07, 6.45) is 2.61. The van der Waals surface area contributed by atoms with Crippen molar-refractivity contribution in [3.8, 4) is 11.5 Å². The lowest BCUT2D eigenvalue weighted by Gasteiger charge is -2.11. The van der Waals surface area contributed by atoms with Crippen molar-refractivity contribution in [2.45, 2.75) is 32.4 Å². The first kappa shape index (κ1) is 14.7. The van der Waals surface area contributed by atoms with Gasteiger partial charge in [0.2, 0.25) is 0 Å². The van der Waals surface area contributed by atoms with E-state index in [1.165, 1.54) is 24.0 Å².